The molecule has 0 aromatic heterocycles. The summed E-state index contributed by atoms with van der Waals surface area (Å²) in [6, 6.07) is -0.525. The Bertz CT molecular complexity index is 379. The quantitative estimate of drug-likeness (QED) is 0.492. The Morgan fingerprint density at radius 2 is 1.58 bits per heavy atom. The van der Waals surface area contributed by atoms with Gasteiger partial charge in [0, 0.05) is 19.5 Å². The number of nitrogens with zero attached hydrogens (tertiary/aromatic N) is 1. The Kier molecular flexibility index (Phi) is 10.4. The molecule has 0 bridgehead atoms. The predicted octanol–water partition coefficient (Wildman–Crippen LogP) is 1.34. The molecule has 0 spiro atoms. The maximum atomic E-state index is 12.4. The van der Waals surface area contributed by atoms with E-state index < -0.39 is 18.2 Å². The van der Waals surface area contributed by atoms with Crippen molar-refractivity contribution in [2.45, 2.75) is 79.1 Å². The van der Waals surface area contributed by atoms with Gasteiger partial charge in [-0.15, -0.1) is 0 Å². The van der Waals surface area contributed by atoms with Crippen LogP contribution in [0, 0.1) is 5.41 Å². The van der Waals surface area contributed by atoms with Crippen molar-refractivity contribution in [2.24, 2.45) is 5.41 Å². The molecule has 1 amide bonds. The number of aliphatic hydroxyl groups is 2. The van der Waals surface area contributed by atoms with Crippen molar-refractivity contribution in [2.75, 3.05) is 19.6 Å². The Morgan fingerprint density at radius 3 is 1.96 bits per heavy atom. The second-order valence-corrected chi connectivity index (χ2v) is 7.98. The first kappa shape index (κ1) is 23.0. The first-order valence-electron chi connectivity index (χ1n) is 8.80. The molecule has 0 fully saturated rings. The van der Waals surface area contributed by atoms with Gasteiger partial charge in [-0.2, -0.15) is 0 Å². The predicted molar refractivity (Wildman–Crippen MR) is 95.7 cm³/mol. The molecule has 6 nitrogen and oxygen atoms in total. The molecule has 0 heterocycles. The zero-order valence-electron chi connectivity index (χ0n) is 16.1. The number of nitrogens with one attached hydrogen (secondary N) is 1. The number of ketones is 1. The summed E-state index contributed by atoms with van der Waals surface area (Å²) < 4.78 is 0. The van der Waals surface area contributed by atoms with E-state index in [0.29, 0.717) is 6.54 Å². The molecule has 0 radical (unpaired) electrons. The second kappa shape index (κ2) is 10.8. The summed E-state index contributed by atoms with van der Waals surface area (Å²) in [7, 11) is 0. The zero-order chi connectivity index (χ0) is 18.9. The summed E-state index contributed by atoms with van der Waals surface area (Å²) in [5.74, 6) is -0.312. The first-order chi connectivity index (χ1) is 10.9. The van der Waals surface area contributed by atoms with Crippen LogP contribution in [0.25, 0.3) is 0 Å². The van der Waals surface area contributed by atoms with Crippen LogP contribution in [-0.2, 0) is 9.59 Å². The molecule has 0 aromatic rings. The summed E-state index contributed by atoms with van der Waals surface area (Å²) in [6.45, 7) is 12.2. The van der Waals surface area contributed by atoms with Crippen molar-refractivity contribution in [3.63, 3.8) is 0 Å². The SMILES string of the molecule is CC(=O)C(CC(=O)N(CC(C)O)CC(C)O)NCCCC(C)(C)C. The fourth-order valence-corrected chi connectivity index (χ4v) is 2.47. The molecule has 6 heteroatoms. The van der Waals surface area contributed by atoms with Gasteiger partial charge in [0.15, 0.2) is 0 Å². The van der Waals surface area contributed by atoms with Gasteiger partial charge in [-0.1, -0.05) is 20.8 Å². The van der Waals surface area contributed by atoms with Gasteiger partial charge in [0.25, 0.3) is 0 Å². The zero-order valence-corrected chi connectivity index (χ0v) is 16.1. The number of hydrogen-bond donors (Lipinski definition) is 3. The van der Waals surface area contributed by atoms with Crippen molar-refractivity contribution in [3.05, 3.63) is 0 Å². The minimum atomic E-state index is -0.678. The molecule has 0 rings (SSSR count). The Balaban J connectivity index is 4.60. The van der Waals surface area contributed by atoms with E-state index >= 15 is 0 Å². The molecular weight excluding hydrogens is 308 g/mol. The standard InChI is InChI=1S/C18H36N2O4/c1-13(21)11-20(12-14(2)22)17(24)10-16(15(3)23)19-9-7-8-18(4,5)6/h13-14,16,19,21-22H,7-12H2,1-6H3. The summed E-state index contributed by atoms with van der Waals surface area (Å²) in [5, 5.41) is 22.2. The third-order valence-electron chi connectivity index (χ3n) is 3.69. The minimum Gasteiger partial charge on any atom is -0.392 e. The maximum Gasteiger partial charge on any atom is 0.224 e. The number of carbonyl (C=O) groups excluding carboxylic acids is 2. The Labute approximate surface area is 146 Å². The maximum absolute atomic E-state index is 12.4. The van der Waals surface area contributed by atoms with Gasteiger partial charge in [-0.25, -0.2) is 0 Å². The van der Waals surface area contributed by atoms with Crippen LogP contribution >= 0.6 is 0 Å². The third kappa shape index (κ3) is 11.5. The van der Waals surface area contributed by atoms with Crippen LogP contribution in [0.2, 0.25) is 0 Å². The van der Waals surface area contributed by atoms with Crippen LogP contribution < -0.4 is 5.32 Å². The van der Waals surface area contributed by atoms with E-state index in [4.69, 9.17) is 0 Å². The van der Waals surface area contributed by atoms with Crippen LogP contribution in [-0.4, -0.2) is 64.7 Å². The van der Waals surface area contributed by atoms with E-state index in [9.17, 15) is 19.8 Å². The molecule has 0 aromatic carbocycles. The molecule has 0 aliphatic heterocycles. The minimum absolute atomic E-state index is 0.0459. The van der Waals surface area contributed by atoms with Crippen molar-refractivity contribution in [1.82, 2.24) is 10.2 Å². The molecule has 24 heavy (non-hydrogen) atoms. The highest BCUT2D eigenvalue weighted by Crippen LogP contribution is 2.19. The summed E-state index contributed by atoms with van der Waals surface area (Å²) in [4.78, 5) is 25.7. The van der Waals surface area contributed by atoms with E-state index in [1.807, 2.05) is 0 Å². The van der Waals surface area contributed by atoms with Gasteiger partial charge in [-0.3, -0.25) is 9.59 Å². The average molecular weight is 344 g/mol. The molecule has 3 atom stereocenters. The van der Waals surface area contributed by atoms with E-state index in [1.54, 1.807) is 13.8 Å². The number of Topliss-reactive ketones (excluding diaryl/α,β-unsaturated/α-hetero) is 1. The first-order valence-corrected chi connectivity index (χ1v) is 8.80. The van der Waals surface area contributed by atoms with Crippen molar-refractivity contribution in [1.29, 1.82) is 0 Å². The smallest absolute Gasteiger partial charge is 0.224 e. The molecule has 0 aliphatic rings. The summed E-state index contributed by atoms with van der Waals surface area (Å²) in [5.41, 5.74) is 0.245. The highest BCUT2D eigenvalue weighted by Gasteiger charge is 2.23. The number of aliphatic hydroxyl groups excluding tert-OH is 2. The van der Waals surface area contributed by atoms with Crippen LogP contribution in [0.15, 0.2) is 0 Å². The third-order valence-corrected chi connectivity index (χ3v) is 3.69. The van der Waals surface area contributed by atoms with Crippen LogP contribution in [0.1, 0.15) is 60.8 Å². The Morgan fingerprint density at radius 1 is 1.08 bits per heavy atom. The lowest BCUT2D eigenvalue weighted by Crippen LogP contribution is -2.45. The summed E-state index contributed by atoms with van der Waals surface area (Å²) in [6.07, 6.45) is 0.664. The molecule has 0 saturated heterocycles. The molecule has 142 valence electrons. The van der Waals surface area contributed by atoms with Gasteiger partial charge in [0.05, 0.1) is 18.2 Å². The van der Waals surface area contributed by atoms with E-state index in [-0.39, 0.29) is 36.6 Å². The molecule has 0 aliphatic carbocycles. The Hall–Kier alpha value is -0.980. The van der Waals surface area contributed by atoms with E-state index in [2.05, 4.69) is 26.1 Å². The van der Waals surface area contributed by atoms with Crippen molar-refractivity contribution in [3.8, 4) is 0 Å². The normalized spacial score (nSPS) is 15.7. The lowest BCUT2D eigenvalue weighted by molar-refractivity contribution is -0.136. The van der Waals surface area contributed by atoms with Gasteiger partial charge in [0.2, 0.25) is 5.91 Å². The molecule has 3 N–H and O–H groups in total. The highest BCUT2D eigenvalue weighted by atomic mass is 16.3. The lowest BCUT2D eigenvalue weighted by Gasteiger charge is -2.27. The number of hydrogen-bond acceptors (Lipinski definition) is 5. The van der Waals surface area contributed by atoms with E-state index in [1.165, 1.54) is 11.8 Å². The topological polar surface area (TPSA) is 89.9 Å². The van der Waals surface area contributed by atoms with E-state index in [0.717, 1.165) is 12.8 Å². The second-order valence-electron chi connectivity index (χ2n) is 7.98. The molecule has 0 saturated carbocycles. The van der Waals surface area contributed by atoms with Crippen LogP contribution in [0.3, 0.4) is 0 Å². The molecule has 3 unspecified atom stereocenters. The van der Waals surface area contributed by atoms with Gasteiger partial charge in [-0.05, 0) is 45.6 Å². The number of carbonyl (C=O) groups is 2. The largest absolute Gasteiger partial charge is 0.392 e. The van der Waals surface area contributed by atoms with Gasteiger partial charge in [0.1, 0.15) is 5.78 Å². The molecular formula is C18H36N2O4. The monoisotopic (exact) mass is 344 g/mol. The van der Waals surface area contributed by atoms with Crippen LogP contribution in [0.5, 0.6) is 0 Å². The van der Waals surface area contributed by atoms with Gasteiger partial charge < -0.3 is 20.4 Å². The number of rotatable bonds is 11. The fourth-order valence-electron chi connectivity index (χ4n) is 2.47. The summed E-state index contributed by atoms with van der Waals surface area (Å²) >= 11 is 0. The fraction of sp³-hybridized carbons (Fsp3) is 0.889. The van der Waals surface area contributed by atoms with Crippen LogP contribution in [0.4, 0.5) is 0 Å². The number of amides is 1. The van der Waals surface area contributed by atoms with Gasteiger partial charge >= 0.3 is 0 Å². The van der Waals surface area contributed by atoms with Crippen molar-refractivity contribution < 1.29 is 19.8 Å². The van der Waals surface area contributed by atoms with Crippen molar-refractivity contribution >= 4 is 11.7 Å². The lowest BCUT2D eigenvalue weighted by atomic mass is 9.90. The highest BCUT2D eigenvalue weighted by molar-refractivity contribution is 5.88. The average Bonchev–Trinajstić information content (AvgIpc) is 2.38.